The van der Waals surface area contributed by atoms with Crippen LogP contribution < -0.4 is 5.32 Å². The molecule has 0 unspecified atom stereocenters. The maximum atomic E-state index is 5.98. The van der Waals surface area contributed by atoms with E-state index in [2.05, 4.69) is 5.32 Å². The summed E-state index contributed by atoms with van der Waals surface area (Å²) in [6.45, 7) is 5.24. The summed E-state index contributed by atoms with van der Waals surface area (Å²) < 4.78 is 11.1. The molecule has 2 aromatic rings. The van der Waals surface area contributed by atoms with Gasteiger partial charge in [-0.25, -0.2) is 0 Å². The highest BCUT2D eigenvalue weighted by atomic mass is 35.5. The molecule has 4 heteroatoms. The molecule has 0 aliphatic heterocycles. The third kappa shape index (κ3) is 4.67. The molecular weight excluding hydrogens is 274 g/mol. The molecule has 0 radical (unpaired) electrons. The number of hydrogen-bond donors (Lipinski definition) is 1. The Hall–Kier alpha value is -1.29. The Labute approximate surface area is 124 Å². The summed E-state index contributed by atoms with van der Waals surface area (Å²) in [5.41, 5.74) is 1.00. The second-order valence-electron chi connectivity index (χ2n) is 4.50. The smallest absolute Gasteiger partial charge is 0.134 e. The first-order valence-corrected chi connectivity index (χ1v) is 7.30. The minimum Gasteiger partial charge on any atom is -0.460 e. The lowest BCUT2D eigenvalue weighted by molar-refractivity contribution is 0.144. The fourth-order valence-electron chi connectivity index (χ4n) is 1.92. The predicted octanol–water partition coefficient (Wildman–Crippen LogP) is 4.12. The van der Waals surface area contributed by atoms with Crippen molar-refractivity contribution in [3.63, 3.8) is 0 Å². The molecule has 2 rings (SSSR count). The SMILES string of the molecule is CCOCCCNCc1ccc(-c2cccc(Cl)c2)o1. The van der Waals surface area contributed by atoms with Crippen molar-refractivity contribution in [2.24, 2.45) is 0 Å². The number of halogens is 1. The van der Waals surface area contributed by atoms with Crippen molar-refractivity contribution in [3.8, 4) is 11.3 Å². The lowest BCUT2D eigenvalue weighted by atomic mass is 10.2. The maximum absolute atomic E-state index is 5.98. The van der Waals surface area contributed by atoms with Gasteiger partial charge < -0.3 is 14.5 Å². The summed E-state index contributed by atoms with van der Waals surface area (Å²) >= 11 is 5.98. The zero-order valence-corrected chi connectivity index (χ0v) is 12.5. The van der Waals surface area contributed by atoms with Crippen LogP contribution in [0.2, 0.25) is 5.02 Å². The van der Waals surface area contributed by atoms with Gasteiger partial charge in [-0.3, -0.25) is 0 Å². The van der Waals surface area contributed by atoms with Gasteiger partial charge >= 0.3 is 0 Å². The molecule has 0 saturated heterocycles. The normalized spacial score (nSPS) is 10.9. The summed E-state index contributed by atoms with van der Waals surface area (Å²) in [7, 11) is 0. The van der Waals surface area contributed by atoms with E-state index in [-0.39, 0.29) is 0 Å². The Bertz CT molecular complexity index is 525. The lowest BCUT2D eigenvalue weighted by Gasteiger charge is -2.03. The first-order chi connectivity index (χ1) is 9.79. The van der Waals surface area contributed by atoms with Crippen LogP contribution in [-0.4, -0.2) is 19.8 Å². The highest BCUT2D eigenvalue weighted by Gasteiger charge is 2.04. The first kappa shape index (κ1) is 15.1. The van der Waals surface area contributed by atoms with E-state index in [0.717, 1.165) is 54.8 Å². The molecule has 0 saturated carbocycles. The lowest BCUT2D eigenvalue weighted by Crippen LogP contribution is -2.15. The Morgan fingerprint density at radius 2 is 2.15 bits per heavy atom. The number of benzene rings is 1. The number of rotatable bonds is 8. The van der Waals surface area contributed by atoms with E-state index < -0.39 is 0 Å². The third-order valence-electron chi connectivity index (χ3n) is 2.92. The Morgan fingerprint density at radius 1 is 1.25 bits per heavy atom. The fraction of sp³-hybridized carbons (Fsp3) is 0.375. The predicted molar refractivity (Wildman–Crippen MR) is 82.0 cm³/mol. The van der Waals surface area contributed by atoms with Crippen molar-refractivity contribution in [2.75, 3.05) is 19.8 Å². The topological polar surface area (TPSA) is 34.4 Å². The van der Waals surface area contributed by atoms with E-state index >= 15 is 0 Å². The minimum atomic E-state index is 0.717. The van der Waals surface area contributed by atoms with E-state index in [0.29, 0.717) is 0 Å². The van der Waals surface area contributed by atoms with E-state index in [1.54, 1.807) is 0 Å². The molecule has 1 N–H and O–H groups in total. The number of furan rings is 1. The zero-order chi connectivity index (χ0) is 14.2. The average Bonchev–Trinajstić information content (AvgIpc) is 2.91. The van der Waals surface area contributed by atoms with E-state index in [1.165, 1.54) is 0 Å². The van der Waals surface area contributed by atoms with Crippen molar-refractivity contribution in [2.45, 2.75) is 19.9 Å². The average molecular weight is 294 g/mol. The monoisotopic (exact) mass is 293 g/mol. The largest absolute Gasteiger partial charge is 0.460 e. The quantitative estimate of drug-likeness (QED) is 0.744. The molecule has 1 heterocycles. The minimum absolute atomic E-state index is 0.717. The van der Waals surface area contributed by atoms with Crippen molar-refractivity contribution < 1.29 is 9.15 Å². The van der Waals surface area contributed by atoms with Crippen LogP contribution in [-0.2, 0) is 11.3 Å². The molecule has 20 heavy (non-hydrogen) atoms. The van der Waals surface area contributed by atoms with Gasteiger partial charge in [-0.1, -0.05) is 23.7 Å². The number of ether oxygens (including phenoxy) is 1. The van der Waals surface area contributed by atoms with Gasteiger partial charge in [0, 0.05) is 23.8 Å². The molecule has 0 fully saturated rings. The summed E-state index contributed by atoms with van der Waals surface area (Å²) in [4.78, 5) is 0. The second-order valence-corrected chi connectivity index (χ2v) is 4.94. The summed E-state index contributed by atoms with van der Waals surface area (Å²) in [5.74, 6) is 1.77. The molecule has 0 amide bonds. The summed E-state index contributed by atoms with van der Waals surface area (Å²) in [6, 6.07) is 11.6. The van der Waals surface area contributed by atoms with Gasteiger partial charge in [0.05, 0.1) is 6.54 Å². The van der Waals surface area contributed by atoms with Crippen LogP contribution in [0.4, 0.5) is 0 Å². The van der Waals surface area contributed by atoms with Crippen LogP contribution in [0.5, 0.6) is 0 Å². The molecule has 3 nitrogen and oxygen atoms in total. The Kier molecular flexibility index (Phi) is 6.12. The van der Waals surface area contributed by atoms with Crippen LogP contribution in [0.25, 0.3) is 11.3 Å². The van der Waals surface area contributed by atoms with Crippen molar-refractivity contribution in [1.29, 1.82) is 0 Å². The number of nitrogens with one attached hydrogen (secondary N) is 1. The van der Waals surface area contributed by atoms with Crippen LogP contribution in [0.15, 0.2) is 40.8 Å². The standard InChI is InChI=1S/C16H20ClNO2/c1-2-19-10-4-9-18-12-15-7-8-16(20-15)13-5-3-6-14(17)11-13/h3,5-8,11,18H,2,4,9-10,12H2,1H3. The second kappa shape index (κ2) is 8.10. The molecule has 1 aromatic carbocycles. The molecule has 108 valence electrons. The molecule has 0 spiro atoms. The first-order valence-electron chi connectivity index (χ1n) is 6.92. The van der Waals surface area contributed by atoms with Gasteiger partial charge in [-0.2, -0.15) is 0 Å². The molecular formula is C16H20ClNO2. The van der Waals surface area contributed by atoms with Gasteiger partial charge in [0.1, 0.15) is 11.5 Å². The van der Waals surface area contributed by atoms with Gasteiger partial charge in [0.2, 0.25) is 0 Å². The van der Waals surface area contributed by atoms with Crippen molar-refractivity contribution >= 4 is 11.6 Å². The molecule has 0 aliphatic rings. The van der Waals surface area contributed by atoms with Crippen molar-refractivity contribution in [3.05, 3.63) is 47.2 Å². The van der Waals surface area contributed by atoms with Crippen LogP contribution in [0.1, 0.15) is 19.1 Å². The van der Waals surface area contributed by atoms with Gasteiger partial charge in [-0.15, -0.1) is 0 Å². The van der Waals surface area contributed by atoms with Crippen molar-refractivity contribution in [1.82, 2.24) is 5.32 Å². The van der Waals surface area contributed by atoms with Crippen LogP contribution in [0, 0.1) is 0 Å². The van der Waals surface area contributed by atoms with Crippen LogP contribution in [0.3, 0.4) is 0 Å². The Balaban J connectivity index is 1.80. The fourth-order valence-corrected chi connectivity index (χ4v) is 2.12. The van der Waals surface area contributed by atoms with Gasteiger partial charge in [0.15, 0.2) is 0 Å². The van der Waals surface area contributed by atoms with Gasteiger partial charge in [-0.05, 0) is 44.2 Å². The van der Waals surface area contributed by atoms with Gasteiger partial charge in [0.25, 0.3) is 0 Å². The third-order valence-corrected chi connectivity index (χ3v) is 3.15. The highest BCUT2D eigenvalue weighted by Crippen LogP contribution is 2.24. The van der Waals surface area contributed by atoms with Crippen LogP contribution >= 0.6 is 11.6 Å². The summed E-state index contributed by atoms with van der Waals surface area (Å²) in [6.07, 6.45) is 1.01. The summed E-state index contributed by atoms with van der Waals surface area (Å²) in [5, 5.41) is 4.05. The van der Waals surface area contributed by atoms with E-state index in [1.807, 2.05) is 43.3 Å². The highest BCUT2D eigenvalue weighted by molar-refractivity contribution is 6.30. The van der Waals surface area contributed by atoms with E-state index in [9.17, 15) is 0 Å². The molecule has 0 atom stereocenters. The molecule has 1 aromatic heterocycles. The number of hydrogen-bond acceptors (Lipinski definition) is 3. The molecule has 0 bridgehead atoms. The Morgan fingerprint density at radius 3 is 2.95 bits per heavy atom. The maximum Gasteiger partial charge on any atom is 0.134 e. The molecule has 0 aliphatic carbocycles. The zero-order valence-electron chi connectivity index (χ0n) is 11.7. The van der Waals surface area contributed by atoms with E-state index in [4.69, 9.17) is 20.8 Å².